The van der Waals surface area contributed by atoms with Crippen LogP contribution in [0.1, 0.15) is 44.9 Å². The summed E-state index contributed by atoms with van der Waals surface area (Å²) in [5.41, 5.74) is 0. The molecule has 0 aromatic heterocycles. The van der Waals surface area contributed by atoms with Gasteiger partial charge in [-0.05, 0) is 25.7 Å². The maximum absolute atomic E-state index is 11.3. The van der Waals surface area contributed by atoms with E-state index in [0.717, 1.165) is 25.7 Å². The molecule has 1 aliphatic rings. The van der Waals surface area contributed by atoms with Crippen LogP contribution in [-0.4, -0.2) is 18.6 Å². The van der Waals surface area contributed by atoms with Crippen molar-refractivity contribution in [2.75, 3.05) is 6.54 Å². The van der Waals surface area contributed by atoms with E-state index in [-0.39, 0.29) is 6.03 Å². The van der Waals surface area contributed by atoms with Gasteiger partial charge < -0.3 is 10.6 Å². The molecule has 84 valence electrons. The molecule has 2 N–H and O–H groups in total. The van der Waals surface area contributed by atoms with Crippen LogP contribution in [0.4, 0.5) is 4.79 Å². The summed E-state index contributed by atoms with van der Waals surface area (Å²) >= 11 is 0. The lowest BCUT2D eigenvalue weighted by molar-refractivity contribution is 0.237. The topological polar surface area (TPSA) is 64.9 Å². The van der Waals surface area contributed by atoms with Crippen molar-refractivity contribution in [3.63, 3.8) is 0 Å². The number of hydrogen-bond acceptors (Lipinski definition) is 2. The maximum atomic E-state index is 11.3. The Balaban J connectivity index is 1.96. The van der Waals surface area contributed by atoms with Crippen molar-refractivity contribution in [2.45, 2.75) is 51.0 Å². The summed E-state index contributed by atoms with van der Waals surface area (Å²) in [5.74, 6) is 0. The van der Waals surface area contributed by atoms with Gasteiger partial charge in [0, 0.05) is 19.0 Å². The summed E-state index contributed by atoms with van der Waals surface area (Å²) in [6.07, 6.45) is 7.00. The van der Waals surface area contributed by atoms with E-state index in [2.05, 4.69) is 16.7 Å². The van der Waals surface area contributed by atoms with Gasteiger partial charge in [-0.2, -0.15) is 5.26 Å². The Morgan fingerprint density at radius 3 is 2.73 bits per heavy atom. The minimum absolute atomic E-state index is 0.0566. The Hall–Kier alpha value is -1.24. The monoisotopic (exact) mass is 209 g/mol. The number of hydrogen-bond donors (Lipinski definition) is 2. The molecule has 0 radical (unpaired) electrons. The van der Waals surface area contributed by atoms with Gasteiger partial charge in [0.25, 0.3) is 0 Å². The largest absolute Gasteiger partial charge is 0.338 e. The zero-order valence-corrected chi connectivity index (χ0v) is 9.09. The van der Waals surface area contributed by atoms with Crippen molar-refractivity contribution in [3.05, 3.63) is 0 Å². The van der Waals surface area contributed by atoms with Gasteiger partial charge in [0.05, 0.1) is 6.07 Å². The number of amides is 2. The minimum Gasteiger partial charge on any atom is -0.338 e. The molecule has 4 nitrogen and oxygen atoms in total. The first-order chi connectivity index (χ1) is 7.33. The van der Waals surface area contributed by atoms with E-state index in [0.29, 0.717) is 19.0 Å². The molecule has 0 atom stereocenters. The fraction of sp³-hybridized carbons (Fsp3) is 0.818. The number of carbonyl (C=O) groups is 1. The standard InChI is InChI=1S/C11H19N3O/c12-8-4-1-5-9-13-11(15)14-10-6-2-3-7-10/h10H,1-7,9H2,(H2,13,14,15). The van der Waals surface area contributed by atoms with E-state index in [9.17, 15) is 4.79 Å². The molecule has 0 aliphatic heterocycles. The van der Waals surface area contributed by atoms with Gasteiger partial charge in [-0.25, -0.2) is 4.79 Å². The van der Waals surface area contributed by atoms with Crippen molar-refractivity contribution in [2.24, 2.45) is 0 Å². The molecule has 4 heteroatoms. The molecule has 1 rings (SSSR count). The lowest BCUT2D eigenvalue weighted by Crippen LogP contribution is -2.41. The van der Waals surface area contributed by atoms with Crippen LogP contribution in [-0.2, 0) is 0 Å². The van der Waals surface area contributed by atoms with Crippen molar-refractivity contribution < 1.29 is 4.79 Å². The highest BCUT2D eigenvalue weighted by atomic mass is 16.2. The highest BCUT2D eigenvalue weighted by Crippen LogP contribution is 2.17. The van der Waals surface area contributed by atoms with E-state index in [1.807, 2.05) is 0 Å². The van der Waals surface area contributed by atoms with Gasteiger partial charge in [-0.3, -0.25) is 0 Å². The third-order valence-corrected chi connectivity index (χ3v) is 2.69. The van der Waals surface area contributed by atoms with Gasteiger partial charge in [-0.1, -0.05) is 12.8 Å². The Kier molecular flexibility index (Phi) is 5.60. The SMILES string of the molecule is N#CCCCCNC(=O)NC1CCCC1. The van der Waals surface area contributed by atoms with Crippen LogP contribution >= 0.6 is 0 Å². The second-order valence-corrected chi connectivity index (χ2v) is 4.00. The summed E-state index contributed by atoms with van der Waals surface area (Å²) in [5, 5.41) is 14.1. The van der Waals surface area contributed by atoms with Crippen molar-refractivity contribution in [1.29, 1.82) is 5.26 Å². The molecule has 0 aromatic carbocycles. The van der Waals surface area contributed by atoms with Crippen LogP contribution in [0.25, 0.3) is 0 Å². The van der Waals surface area contributed by atoms with Crippen LogP contribution in [0.15, 0.2) is 0 Å². The van der Waals surface area contributed by atoms with Crippen LogP contribution in [0, 0.1) is 11.3 Å². The lowest BCUT2D eigenvalue weighted by Gasteiger charge is -2.12. The third kappa shape index (κ3) is 5.26. The summed E-state index contributed by atoms with van der Waals surface area (Å²) in [7, 11) is 0. The summed E-state index contributed by atoms with van der Waals surface area (Å²) in [6, 6.07) is 2.41. The van der Waals surface area contributed by atoms with Gasteiger partial charge in [0.15, 0.2) is 0 Å². The van der Waals surface area contributed by atoms with Crippen LogP contribution < -0.4 is 10.6 Å². The highest BCUT2D eigenvalue weighted by Gasteiger charge is 2.16. The first kappa shape index (κ1) is 11.8. The molecule has 15 heavy (non-hydrogen) atoms. The number of nitriles is 1. The molecule has 1 saturated carbocycles. The molecule has 0 heterocycles. The number of unbranched alkanes of at least 4 members (excludes halogenated alkanes) is 2. The Bertz CT molecular complexity index is 228. The van der Waals surface area contributed by atoms with Gasteiger partial charge in [0.1, 0.15) is 0 Å². The Morgan fingerprint density at radius 1 is 1.33 bits per heavy atom. The van der Waals surface area contributed by atoms with Gasteiger partial charge in [-0.15, -0.1) is 0 Å². The van der Waals surface area contributed by atoms with E-state index < -0.39 is 0 Å². The summed E-state index contributed by atoms with van der Waals surface area (Å²) in [6.45, 7) is 0.667. The number of urea groups is 1. The van der Waals surface area contributed by atoms with E-state index in [1.54, 1.807) is 0 Å². The molecular formula is C11H19N3O. The first-order valence-electron chi connectivity index (χ1n) is 5.74. The molecule has 0 saturated heterocycles. The highest BCUT2D eigenvalue weighted by molar-refractivity contribution is 5.74. The molecule has 1 aliphatic carbocycles. The second kappa shape index (κ2) is 7.10. The zero-order chi connectivity index (χ0) is 10.9. The van der Waals surface area contributed by atoms with E-state index >= 15 is 0 Å². The quantitative estimate of drug-likeness (QED) is 0.679. The van der Waals surface area contributed by atoms with Gasteiger partial charge in [0.2, 0.25) is 0 Å². The molecule has 0 aromatic rings. The Morgan fingerprint density at radius 2 is 2.07 bits per heavy atom. The van der Waals surface area contributed by atoms with Crippen LogP contribution in [0.2, 0.25) is 0 Å². The van der Waals surface area contributed by atoms with Gasteiger partial charge >= 0.3 is 6.03 Å². The molecule has 0 bridgehead atoms. The fourth-order valence-electron chi connectivity index (χ4n) is 1.84. The second-order valence-electron chi connectivity index (χ2n) is 4.00. The number of nitrogens with zero attached hydrogens (tertiary/aromatic N) is 1. The first-order valence-corrected chi connectivity index (χ1v) is 5.74. The number of carbonyl (C=O) groups excluding carboxylic acids is 1. The Labute approximate surface area is 91.0 Å². The predicted molar refractivity (Wildman–Crippen MR) is 58.3 cm³/mol. The lowest BCUT2D eigenvalue weighted by atomic mass is 10.2. The zero-order valence-electron chi connectivity index (χ0n) is 9.09. The average molecular weight is 209 g/mol. The minimum atomic E-state index is -0.0566. The van der Waals surface area contributed by atoms with E-state index in [1.165, 1.54) is 12.8 Å². The fourth-order valence-corrected chi connectivity index (χ4v) is 1.84. The average Bonchev–Trinajstić information content (AvgIpc) is 2.70. The molecular weight excluding hydrogens is 190 g/mol. The molecule has 0 unspecified atom stereocenters. The number of nitrogens with one attached hydrogen (secondary N) is 2. The molecule has 0 spiro atoms. The normalized spacial score (nSPS) is 15.9. The molecule has 1 fully saturated rings. The maximum Gasteiger partial charge on any atom is 0.315 e. The molecule has 2 amide bonds. The van der Waals surface area contributed by atoms with Crippen LogP contribution in [0.5, 0.6) is 0 Å². The third-order valence-electron chi connectivity index (χ3n) is 2.69. The van der Waals surface area contributed by atoms with Crippen LogP contribution in [0.3, 0.4) is 0 Å². The van der Waals surface area contributed by atoms with Crippen molar-refractivity contribution in [1.82, 2.24) is 10.6 Å². The number of rotatable bonds is 5. The smallest absolute Gasteiger partial charge is 0.315 e. The summed E-state index contributed by atoms with van der Waals surface area (Å²) < 4.78 is 0. The van der Waals surface area contributed by atoms with E-state index in [4.69, 9.17) is 5.26 Å². The van der Waals surface area contributed by atoms with Crippen molar-refractivity contribution in [3.8, 4) is 6.07 Å². The predicted octanol–water partition coefficient (Wildman–Crippen LogP) is 1.92. The van der Waals surface area contributed by atoms with Crippen molar-refractivity contribution >= 4 is 6.03 Å². The summed E-state index contributed by atoms with van der Waals surface area (Å²) in [4.78, 5) is 11.3.